The summed E-state index contributed by atoms with van der Waals surface area (Å²) in [6, 6.07) is 5.91. The highest BCUT2D eigenvalue weighted by atomic mass is 16.5. The number of ether oxygens (including phenoxy) is 1. The molecule has 0 amide bonds. The fourth-order valence-corrected chi connectivity index (χ4v) is 1.99. The summed E-state index contributed by atoms with van der Waals surface area (Å²) in [5.74, 6) is 6.27. The monoisotopic (exact) mass is 277 g/mol. The second-order valence-corrected chi connectivity index (χ2v) is 4.44. The maximum Gasteiger partial charge on any atom is 0.134 e. The molecule has 0 bridgehead atoms. The van der Waals surface area contributed by atoms with Gasteiger partial charge in [-0.25, -0.2) is 0 Å². The number of hydrogen-bond donors (Lipinski definition) is 2. The van der Waals surface area contributed by atoms with Crippen molar-refractivity contribution in [2.24, 2.45) is 0 Å². The van der Waals surface area contributed by atoms with E-state index in [0.29, 0.717) is 5.75 Å². The summed E-state index contributed by atoms with van der Waals surface area (Å²) in [5.41, 5.74) is 1.94. The molecule has 2 N–H and O–H groups in total. The van der Waals surface area contributed by atoms with Crippen LogP contribution in [0, 0.1) is 11.8 Å². The van der Waals surface area contributed by atoms with E-state index in [2.05, 4.69) is 23.7 Å². The molecule has 0 aliphatic rings. The normalized spacial score (nSPS) is 10.2. The van der Waals surface area contributed by atoms with Crippen LogP contribution in [0.1, 0.15) is 24.5 Å². The summed E-state index contributed by atoms with van der Waals surface area (Å²) in [7, 11) is 1.61. The van der Waals surface area contributed by atoms with Gasteiger partial charge >= 0.3 is 0 Å². The van der Waals surface area contributed by atoms with Gasteiger partial charge in [-0.2, -0.15) is 0 Å². The quantitative estimate of drug-likeness (QED) is 0.736. The molecular weight excluding hydrogens is 254 g/mol. The molecule has 0 aliphatic carbocycles. The van der Waals surface area contributed by atoms with Crippen LogP contribution in [0.4, 0.5) is 0 Å². The van der Waals surface area contributed by atoms with Crippen molar-refractivity contribution in [1.82, 2.24) is 4.90 Å². The number of rotatable bonds is 7. The highest BCUT2D eigenvalue weighted by Crippen LogP contribution is 2.19. The van der Waals surface area contributed by atoms with Crippen molar-refractivity contribution in [1.29, 1.82) is 0 Å². The predicted molar refractivity (Wildman–Crippen MR) is 79.6 cm³/mol. The van der Waals surface area contributed by atoms with Crippen molar-refractivity contribution < 1.29 is 14.9 Å². The van der Waals surface area contributed by atoms with E-state index in [9.17, 15) is 0 Å². The van der Waals surface area contributed by atoms with E-state index < -0.39 is 0 Å². The molecule has 4 nitrogen and oxygen atoms in total. The van der Waals surface area contributed by atoms with Gasteiger partial charge in [-0.15, -0.1) is 0 Å². The summed E-state index contributed by atoms with van der Waals surface area (Å²) in [6.07, 6.45) is 0.779. The minimum Gasteiger partial charge on any atom is -0.495 e. The van der Waals surface area contributed by atoms with Crippen molar-refractivity contribution in [3.05, 3.63) is 29.3 Å². The van der Waals surface area contributed by atoms with Crippen LogP contribution in [-0.4, -0.2) is 48.5 Å². The van der Waals surface area contributed by atoms with Gasteiger partial charge in [0.25, 0.3) is 0 Å². The van der Waals surface area contributed by atoms with Gasteiger partial charge in [0.05, 0.1) is 12.7 Å². The SMILES string of the molecule is CCN(CCCO)Cc1ccc(OC)c(C#CCO)c1. The Labute approximate surface area is 121 Å². The Kier molecular flexibility index (Phi) is 7.74. The molecule has 0 atom stereocenters. The molecule has 110 valence electrons. The fraction of sp³-hybridized carbons (Fsp3) is 0.500. The number of hydrogen-bond acceptors (Lipinski definition) is 4. The molecule has 1 rings (SSSR count). The number of aliphatic hydroxyl groups is 2. The minimum atomic E-state index is -0.162. The highest BCUT2D eigenvalue weighted by Gasteiger charge is 2.06. The van der Waals surface area contributed by atoms with Gasteiger partial charge in [-0.3, -0.25) is 4.90 Å². The second kappa shape index (κ2) is 9.38. The molecule has 0 spiro atoms. The van der Waals surface area contributed by atoms with Crippen LogP contribution in [0.15, 0.2) is 18.2 Å². The average molecular weight is 277 g/mol. The lowest BCUT2D eigenvalue weighted by molar-refractivity contribution is 0.225. The van der Waals surface area contributed by atoms with Gasteiger partial charge in [-0.1, -0.05) is 24.8 Å². The van der Waals surface area contributed by atoms with E-state index in [-0.39, 0.29) is 13.2 Å². The van der Waals surface area contributed by atoms with E-state index >= 15 is 0 Å². The van der Waals surface area contributed by atoms with E-state index in [1.54, 1.807) is 7.11 Å². The number of benzene rings is 1. The van der Waals surface area contributed by atoms with Crippen molar-refractivity contribution in [3.8, 4) is 17.6 Å². The van der Waals surface area contributed by atoms with Crippen molar-refractivity contribution in [2.45, 2.75) is 19.9 Å². The maximum atomic E-state index is 8.90. The summed E-state index contributed by atoms with van der Waals surface area (Å²) >= 11 is 0. The summed E-state index contributed by atoms with van der Waals surface area (Å²) in [4.78, 5) is 2.27. The molecule has 0 unspecified atom stereocenters. The van der Waals surface area contributed by atoms with Gasteiger partial charge in [0, 0.05) is 19.7 Å². The number of nitrogens with zero attached hydrogens (tertiary/aromatic N) is 1. The van der Waals surface area contributed by atoms with Crippen LogP contribution in [0.25, 0.3) is 0 Å². The Morgan fingerprint density at radius 1 is 1.30 bits per heavy atom. The van der Waals surface area contributed by atoms with Crippen LogP contribution in [-0.2, 0) is 6.54 Å². The van der Waals surface area contributed by atoms with E-state index in [0.717, 1.165) is 37.2 Å². The Morgan fingerprint density at radius 3 is 2.70 bits per heavy atom. The fourth-order valence-electron chi connectivity index (χ4n) is 1.99. The molecule has 0 saturated heterocycles. The molecule has 1 aromatic carbocycles. The van der Waals surface area contributed by atoms with Crippen LogP contribution >= 0.6 is 0 Å². The summed E-state index contributed by atoms with van der Waals surface area (Å²) in [5, 5.41) is 17.7. The van der Waals surface area contributed by atoms with Crippen LogP contribution in [0.5, 0.6) is 5.75 Å². The first kappa shape index (κ1) is 16.5. The standard InChI is InChI=1S/C16H23NO3/c1-3-17(9-5-11-19)13-14-7-8-16(20-2)15(12-14)6-4-10-18/h7-8,12,18-19H,3,5,9-11,13H2,1-2H3. The lowest BCUT2D eigenvalue weighted by Gasteiger charge is -2.20. The second-order valence-electron chi connectivity index (χ2n) is 4.44. The zero-order valence-corrected chi connectivity index (χ0v) is 12.2. The molecule has 0 heterocycles. The van der Waals surface area contributed by atoms with Gasteiger partial charge in [0.1, 0.15) is 12.4 Å². The zero-order valence-electron chi connectivity index (χ0n) is 12.2. The Bertz CT molecular complexity index is 463. The van der Waals surface area contributed by atoms with Crippen LogP contribution in [0.2, 0.25) is 0 Å². The molecule has 0 aromatic heterocycles. The highest BCUT2D eigenvalue weighted by molar-refractivity contribution is 5.48. The van der Waals surface area contributed by atoms with Gasteiger partial charge < -0.3 is 14.9 Å². The van der Waals surface area contributed by atoms with E-state index in [4.69, 9.17) is 14.9 Å². The molecule has 0 aliphatic heterocycles. The molecule has 0 fully saturated rings. The largest absolute Gasteiger partial charge is 0.495 e. The Morgan fingerprint density at radius 2 is 2.10 bits per heavy atom. The number of methoxy groups -OCH3 is 1. The maximum absolute atomic E-state index is 8.90. The summed E-state index contributed by atoms with van der Waals surface area (Å²) in [6.45, 7) is 4.78. The summed E-state index contributed by atoms with van der Waals surface area (Å²) < 4.78 is 5.26. The molecular formula is C16H23NO3. The van der Waals surface area contributed by atoms with Gasteiger partial charge in [0.15, 0.2) is 0 Å². The smallest absolute Gasteiger partial charge is 0.134 e. The Balaban J connectivity index is 2.84. The minimum absolute atomic E-state index is 0.162. The van der Waals surface area contributed by atoms with Crippen molar-refractivity contribution >= 4 is 0 Å². The first-order valence-electron chi connectivity index (χ1n) is 6.85. The van der Waals surface area contributed by atoms with Crippen molar-refractivity contribution in [3.63, 3.8) is 0 Å². The van der Waals surface area contributed by atoms with Crippen LogP contribution < -0.4 is 4.74 Å². The first-order valence-corrected chi connectivity index (χ1v) is 6.85. The molecule has 1 aromatic rings. The van der Waals surface area contributed by atoms with Crippen LogP contribution in [0.3, 0.4) is 0 Å². The first-order chi connectivity index (χ1) is 9.74. The third-order valence-electron chi connectivity index (χ3n) is 3.05. The molecule has 20 heavy (non-hydrogen) atoms. The lowest BCUT2D eigenvalue weighted by atomic mass is 10.1. The number of aliphatic hydroxyl groups excluding tert-OH is 2. The predicted octanol–water partition coefficient (Wildman–Crippen LogP) is 1.24. The third-order valence-corrected chi connectivity index (χ3v) is 3.05. The molecule has 4 heteroatoms. The molecule has 0 radical (unpaired) electrons. The molecule has 0 saturated carbocycles. The van der Waals surface area contributed by atoms with Gasteiger partial charge in [-0.05, 0) is 30.7 Å². The van der Waals surface area contributed by atoms with Gasteiger partial charge in [0.2, 0.25) is 0 Å². The van der Waals surface area contributed by atoms with E-state index in [1.165, 1.54) is 0 Å². The third kappa shape index (κ3) is 5.22. The Hall–Kier alpha value is -1.54. The average Bonchev–Trinajstić information content (AvgIpc) is 2.49. The van der Waals surface area contributed by atoms with Crippen molar-refractivity contribution in [2.75, 3.05) is 33.4 Å². The zero-order chi connectivity index (χ0) is 14.8. The topological polar surface area (TPSA) is 52.9 Å². The van der Waals surface area contributed by atoms with E-state index in [1.807, 2.05) is 18.2 Å². The lowest BCUT2D eigenvalue weighted by Crippen LogP contribution is -2.24.